The van der Waals surface area contributed by atoms with E-state index in [0.717, 1.165) is 40.6 Å². The maximum Gasteiger partial charge on any atom is 0.270 e. The molecular formula is C28H28N4O5. The molecular weight excluding hydrogens is 472 g/mol. The highest BCUT2D eigenvalue weighted by atomic mass is 16.5. The lowest BCUT2D eigenvalue weighted by Gasteiger charge is -2.32. The largest absolute Gasteiger partial charge is 0.497 e. The number of rotatable bonds is 4. The number of methoxy groups -OCH3 is 1. The number of hydrogen-bond acceptors (Lipinski definition) is 5. The second kappa shape index (κ2) is 9.06. The Kier molecular flexibility index (Phi) is 5.70. The summed E-state index contributed by atoms with van der Waals surface area (Å²) in [5, 5.41) is 3.31. The van der Waals surface area contributed by atoms with E-state index in [-0.39, 0.29) is 24.1 Å². The highest BCUT2D eigenvalue weighted by Gasteiger charge is 2.39. The Bertz CT molecular complexity index is 1440. The Morgan fingerprint density at radius 2 is 1.81 bits per heavy atom. The minimum atomic E-state index is -0.610. The normalized spacial score (nSPS) is 20.4. The van der Waals surface area contributed by atoms with Gasteiger partial charge in [0, 0.05) is 48.6 Å². The molecule has 6 rings (SSSR count). The van der Waals surface area contributed by atoms with Crippen molar-refractivity contribution >= 4 is 34.5 Å². The van der Waals surface area contributed by atoms with Crippen LogP contribution in [0.25, 0.3) is 10.9 Å². The smallest absolute Gasteiger partial charge is 0.270 e. The third kappa shape index (κ3) is 4.14. The van der Waals surface area contributed by atoms with E-state index < -0.39 is 11.9 Å². The summed E-state index contributed by atoms with van der Waals surface area (Å²) >= 11 is 0. The molecule has 9 nitrogen and oxygen atoms in total. The lowest BCUT2D eigenvalue weighted by Crippen LogP contribution is -2.52. The van der Waals surface area contributed by atoms with Gasteiger partial charge in [0.1, 0.15) is 17.5 Å². The third-order valence-corrected chi connectivity index (χ3v) is 7.86. The van der Waals surface area contributed by atoms with Crippen LogP contribution in [0, 0.1) is 0 Å². The Labute approximate surface area is 213 Å². The summed E-state index contributed by atoms with van der Waals surface area (Å²) in [6.07, 6.45) is 2.27. The molecule has 0 saturated carbocycles. The number of fused-ring (bicyclic) bond motifs is 2. The number of nitrogens with one attached hydrogen (secondary N) is 2. The van der Waals surface area contributed by atoms with E-state index in [1.807, 2.05) is 41.3 Å². The number of ether oxygens (including phenoxy) is 1. The first-order chi connectivity index (χ1) is 17.9. The molecule has 2 saturated heterocycles. The van der Waals surface area contributed by atoms with Crippen molar-refractivity contribution in [1.82, 2.24) is 20.1 Å². The first-order valence-electron chi connectivity index (χ1n) is 12.6. The molecule has 4 amide bonds. The van der Waals surface area contributed by atoms with E-state index in [9.17, 15) is 19.2 Å². The van der Waals surface area contributed by atoms with Gasteiger partial charge in [-0.1, -0.05) is 12.1 Å². The minimum absolute atomic E-state index is 0.00644. The van der Waals surface area contributed by atoms with Gasteiger partial charge < -0.3 is 19.5 Å². The molecule has 3 aromatic rings. The fourth-order valence-corrected chi connectivity index (χ4v) is 5.78. The van der Waals surface area contributed by atoms with Gasteiger partial charge in [0.25, 0.3) is 11.8 Å². The third-order valence-electron chi connectivity index (χ3n) is 7.86. The van der Waals surface area contributed by atoms with Gasteiger partial charge in [-0.15, -0.1) is 0 Å². The molecule has 1 unspecified atom stereocenters. The summed E-state index contributed by atoms with van der Waals surface area (Å²) in [5.41, 5.74) is 4.14. The molecule has 2 aromatic carbocycles. The number of nitrogens with zero attached hydrogens (tertiary/aromatic N) is 2. The van der Waals surface area contributed by atoms with Gasteiger partial charge in [-0.05, 0) is 60.6 Å². The van der Waals surface area contributed by atoms with Gasteiger partial charge in [0.05, 0.1) is 7.11 Å². The van der Waals surface area contributed by atoms with E-state index in [2.05, 4.69) is 16.4 Å². The van der Waals surface area contributed by atoms with Crippen LogP contribution in [0.5, 0.6) is 5.75 Å². The van der Waals surface area contributed by atoms with Crippen LogP contribution in [-0.2, 0) is 16.1 Å². The predicted octanol–water partition coefficient (Wildman–Crippen LogP) is 2.96. The number of carbonyl (C=O) groups is 4. The Morgan fingerprint density at radius 1 is 1.00 bits per heavy atom. The average Bonchev–Trinajstić information content (AvgIpc) is 3.48. The first kappa shape index (κ1) is 23.3. The summed E-state index contributed by atoms with van der Waals surface area (Å²) in [6.45, 7) is 1.68. The van der Waals surface area contributed by atoms with Crippen molar-refractivity contribution in [2.75, 3.05) is 20.2 Å². The monoisotopic (exact) mass is 500 g/mol. The number of aromatic nitrogens is 1. The van der Waals surface area contributed by atoms with Gasteiger partial charge in [-0.3, -0.25) is 24.5 Å². The number of benzene rings is 2. The van der Waals surface area contributed by atoms with Crippen LogP contribution in [0.2, 0.25) is 0 Å². The lowest BCUT2D eigenvalue weighted by molar-refractivity contribution is -0.136. The van der Waals surface area contributed by atoms with E-state index in [4.69, 9.17) is 4.74 Å². The maximum atomic E-state index is 13.2. The highest BCUT2D eigenvalue weighted by Crippen LogP contribution is 2.34. The summed E-state index contributed by atoms with van der Waals surface area (Å²) in [5.74, 6) is 0.179. The van der Waals surface area contributed by atoms with E-state index in [1.54, 1.807) is 12.0 Å². The van der Waals surface area contributed by atoms with E-state index in [1.165, 1.54) is 0 Å². The number of carbonyl (C=O) groups excluding carboxylic acids is 4. The molecule has 190 valence electrons. The second-order valence-electron chi connectivity index (χ2n) is 10.0. The number of aromatic amines is 1. The van der Waals surface area contributed by atoms with Crippen molar-refractivity contribution in [3.63, 3.8) is 0 Å². The quantitative estimate of drug-likeness (QED) is 0.535. The van der Waals surface area contributed by atoms with Crippen LogP contribution in [0.15, 0.2) is 42.5 Å². The van der Waals surface area contributed by atoms with E-state index in [0.29, 0.717) is 43.2 Å². The van der Waals surface area contributed by atoms with Crippen LogP contribution < -0.4 is 10.1 Å². The number of likely N-dealkylation sites (tertiary alicyclic amines) is 1. The zero-order valence-electron chi connectivity index (χ0n) is 20.6. The van der Waals surface area contributed by atoms with Crippen molar-refractivity contribution < 1.29 is 23.9 Å². The highest BCUT2D eigenvalue weighted by molar-refractivity contribution is 6.05. The molecule has 37 heavy (non-hydrogen) atoms. The summed E-state index contributed by atoms with van der Waals surface area (Å²) in [7, 11) is 1.62. The van der Waals surface area contributed by atoms with Crippen molar-refractivity contribution in [2.45, 2.75) is 44.2 Å². The first-order valence-corrected chi connectivity index (χ1v) is 12.6. The van der Waals surface area contributed by atoms with Crippen molar-refractivity contribution in [2.24, 2.45) is 0 Å². The molecule has 1 aromatic heterocycles. The zero-order chi connectivity index (χ0) is 25.7. The minimum Gasteiger partial charge on any atom is -0.497 e. The van der Waals surface area contributed by atoms with Crippen LogP contribution in [0.3, 0.4) is 0 Å². The molecule has 3 aliphatic rings. The molecule has 0 radical (unpaired) electrons. The van der Waals surface area contributed by atoms with Crippen molar-refractivity contribution in [3.8, 4) is 5.75 Å². The Balaban J connectivity index is 1.11. The van der Waals surface area contributed by atoms with Crippen LogP contribution in [-0.4, -0.2) is 64.7 Å². The Morgan fingerprint density at radius 3 is 2.57 bits per heavy atom. The summed E-state index contributed by atoms with van der Waals surface area (Å²) < 4.78 is 5.27. The standard InChI is InChI=1S/C28H28N4O5/c1-37-20-4-2-18-13-23(29-22(18)14-20)28(36)31-10-8-16(9-11-31)17-3-5-21-19(12-17)15-32(27(21)35)24-6-7-25(33)30-26(24)34/h2-5,12-14,16,24,29H,6-11,15H2,1H3,(H,30,33,34). The van der Waals surface area contributed by atoms with Crippen LogP contribution >= 0.6 is 0 Å². The Hall–Kier alpha value is -4.14. The SMILES string of the molecule is COc1ccc2cc(C(=O)N3CCC(c4ccc5c(c4)CN(C4CCC(=O)NC4=O)C5=O)CC3)[nH]c2c1. The van der Waals surface area contributed by atoms with Crippen molar-refractivity contribution in [1.29, 1.82) is 0 Å². The lowest BCUT2D eigenvalue weighted by atomic mass is 9.88. The molecule has 0 spiro atoms. The molecule has 4 heterocycles. The fourth-order valence-electron chi connectivity index (χ4n) is 5.78. The molecule has 0 aliphatic carbocycles. The number of piperidine rings is 2. The summed E-state index contributed by atoms with van der Waals surface area (Å²) in [6, 6.07) is 12.9. The van der Waals surface area contributed by atoms with Crippen LogP contribution in [0.4, 0.5) is 0 Å². The van der Waals surface area contributed by atoms with Gasteiger partial charge in [-0.25, -0.2) is 0 Å². The molecule has 2 N–H and O–H groups in total. The number of amides is 4. The van der Waals surface area contributed by atoms with Gasteiger partial charge in [-0.2, -0.15) is 0 Å². The van der Waals surface area contributed by atoms with Crippen LogP contribution in [0.1, 0.15) is 63.6 Å². The summed E-state index contributed by atoms with van der Waals surface area (Å²) in [4.78, 5) is 56.6. The van der Waals surface area contributed by atoms with Gasteiger partial charge in [0.2, 0.25) is 11.8 Å². The molecule has 9 heteroatoms. The van der Waals surface area contributed by atoms with Crippen molar-refractivity contribution in [3.05, 3.63) is 64.8 Å². The average molecular weight is 501 g/mol. The molecule has 2 fully saturated rings. The van der Waals surface area contributed by atoms with Gasteiger partial charge >= 0.3 is 0 Å². The number of hydrogen-bond donors (Lipinski definition) is 2. The number of imide groups is 1. The second-order valence-corrected chi connectivity index (χ2v) is 10.0. The topological polar surface area (TPSA) is 112 Å². The number of H-pyrrole nitrogens is 1. The molecule has 3 aliphatic heterocycles. The molecule has 0 bridgehead atoms. The zero-order valence-corrected chi connectivity index (χ0v) is 20.6. The fraction of sp³-hybridized carbons (Fsp3) is 0.357. The van der Waals surface area contributed by atoms with E-state index >= 15 is 0 Å². The predicted molar refractivity (Wildman–Crippen MR) is 135 cm³/mol. The van der Waals surface area contributed by atoms with Gasteiger partial charge in [0.15, 0.2) is 0 Å². The molecule has 1 atom stereocenters. The maximum absolute atomic E-state index is 13.2.